The predicted octanol–water partition coefficient (Wildman–Crippen LogP) is 6.79. The van der Waals surface area contributed by atoms with Gasteiger partial charge in [-0.15, -0.1) is 11.3 Å². The van der Waals surface area contributed by atoms with Gasteiger partial charge in [0.25, 0.3) is 0 Å². The number of benzene rings is 3. The summed E-state index contributed by atoms with van der Waals surface area (Å²) in [5, 5.41) is 0. The van der Waals surface area contributed by atoms with Crippen molar-refractivity contribution in [3.8, 4) is 21.7 Å². The molecule has 0 amide bonds. The van der Waals surface area contributed by atoms with E-state index in [1.54, 1.807) is 23.5 Å². The van der Waals surface area contributed by atoms with Gasteiger partial charge in [0, 0.05) is 5.56 Å². The summed E-state index contributed by atoms with van der Waals surface area (Å²) in [6.07, 6.45) is 4.20. The van der Waals surface area contributed by atoms with Crippen molar-refractivity contribution in [3.05, 3.63) is 101 Å². The van der Waals surface area contributed by atoms with Crippen molar-refractivity contribution in [2.75, 3.05) is 0 Å². The van der Waals surface area contributed by atoms with E-state index in [1.165, 1.54) is 17.7 Å². The standard InChI is InChI=1S/C23H16FNS/c24-21-14-12-20(13-15-21)23-22(25-16-26-23)19-10-8-18(9-11-19)7-6-17-4-2-1-3-5-17/h1-16H. The van der Waals surface area contributed by atoms with Crippen LogP contribution in [0.15, 0.2) is 84.4 Å². The first-order valence-corrected chi connectivity index (χ1v) is 9.20. The van der Waals surface area contributed by atoms with E-state index in [9.17, 15) is 4.39 Å². The van der Waals surface area contributed by atoms with Crippen LogP contribution in [0.5, 0.6) is 0 Å². The van der Waals surface area contributed by atoms with Crippen molar-refractivity contribution in [3.63, 3.8) is 0 Å². The molecule has 0 aliphatic carbocycles. The molecular weight excluding hydrogens is 341 g/mol. The molecule has 0 spiro atoms. The van der Waals surface area contributed by atoms with Crippen molar-refractivity contribution in [2.24, 2.45) is 0 Å². The number of rotatable bonds is 4. The van der Waals surface area contributed by atoms with Gasteiger partial charge in [0.1, 0.15) is 5.82 Å². The number of thiazole rings is 1. The van der Waals surface area contributed by atoms with E-state index in [1.807, 2.05) is 23.7 Å². The molecule has 26 heavy (non-hydrogen) atoms. The lowest BCUT2D eigenvalue weighted by atomic mass is 10.0. The van der Waals surface area contributed by atoms with E-state index in [2.05, 4.69) is 53.5 Å². The zero-order chi connectivity index (χ0) is 17.8. The Kier molecular flexibility index (Phi) is 4.71. The number of hydrogen-bond donors (Lipinski definition) is 0. The Hall–Kier alpha value is -3.04. The molecule has 0 N–H and O–H groups in total. The molecule has 3 heteroatoms. The fourth-order valence-electron chi connectivity index (χ4n) is 2.77. The van der Waals surface area contributed by atoms with Crippen molar-refractivity contribution in [1.82, 2.24) is 4.98 Å². The minimum absolute atomic E-state index is 0.227. The Bertz CT molecular complexity index is 1020. The monoisotopic (exact) mass is 357 g/mol. The quantitative estimate of drug-likeness (QED) is 0.367. The molecule has 126 valence electrons. The molecule has 0 aliphatic heterocycles. The first kappa shape index (κ1) is 16.4. The van der Waals surface area contributed by atoms with Gasteiger partial charge in [0.05, 0.1) is 16.1 Å². The minimum Gasteiger partial charge on any atom is -0.244 e. The van der Waals surface area contributed by atoms with E-state index < -0.39 is 0 Å². The van der Waals surface area contributed by atoms with Gasteiger partial charge in [-0.3, -0.25) is 0 Å². The van der Waals surface area contributed by atoms with Crippen LogP contribution in [0.1, 0.15) is 11.1 Å². The predicted molar refractivity (Wildman–Crippen MR) is 108 cm³/mol. The third-order valence-corrected chi connectivity index (χ3v) is 5.00. The molecule has 0 unspecified atom stereocenters. The Balaban J connectivity index is 1.59. The second kappa shape index (κ2) is 7.46. The van der Waals surface area contributed by atoms with E-state index in [0.717, 1.165) is 27.3 Å². The number of halogens is 1. The number of nitrogens with zero attached hydrogens (tertiary/aromatic N) is 1. The highest BCUT2D eigenvalue weighted by Gasteiger charge is 2.10. The van der Waals surface area contributed by atoms with Gasteiger partial charge in [0.15, 0.2) is 0 Å². The molecule has 3 aromatic carbocycles. The summed E-state index contributed by atoms with van der Waals surface area (Å²) >= 11 is 1.57. The van der Waals surface area contributed by atoms with Crippen molar-refractivity contribution >= 4 is 23.5 Å². The molecule has 1 aromatic heterocycles. The van der Waals surface area contributed by atoms with Crippen LogP contribution >= 0.6 is 11.3 Å². The Labute approximate surface area is 156 Å². The lowest BCUT2D eigenvalue weighted by molar-refractivity contribution is 0.628. The highest BCUT2D eigenvalue weighted by Crippen LogP contribution is 2.34. The van der Waals surface area contributed by atoms with E-state index in [0.29, 0.717) is 0 Å². The third-order valence-electron chi connectivity index (χ3n) is 4.13. The molecule has 4 rings (SSSR count). The van der Waals surface area contributed by atoms with Crippen LogP contribution in [0.25, 0.3) is 33.9 Å². The lowest BCUT2D eigenvalue weighted by Crippen LogP contribution is -1.83. The molecule has 0 saturated heterocycles. The molecular formula is C23H16FNS. The van der Waals surface area contributed by atoms with Gasteiger partial charge in [-0.05, 0) is 28.8 Å². The first-order chi connectivity index (χ1) is 12.8. The highest BCUT2D eigenvalue weighted by molar-refractivity contribution is 7.13. The van der Waals surface area contributed by atoms with Crippen LogP contribution in [0.4, 0.5) is 4.39 Å². The summed E-state index contributed by atoms with van der Waals surface area (Å²) in [6.45, 7) is 0. The maximum atomic E-state index is 13.2. The van der Waals surface area contributed by atoms with Gasteiger partial charge in [-0.25, -0.2) is 9.37 Å². The summed E-state index contributed by atoms with van der Waals surface area (Å²) < 4.78 is 13.2. The summed E-state index contributed by atoms with van der Waals surface area (Å²) in [6, 6.07) is 25.1. The summed E-state index contributed by atoms with van der Waals surface area (Å²) in [5.74, 6) is -0.227. The Morgan fingerprint density at radius 2 is 1.31 bits per heavy atom. The SMILES string of the molecule is Fc1ccc(-c2scnc2-c2ccc(C=Cc3ccccc3)cc2)cc1. The lowest BCUT2D eigenvalue weighted by Gasteiger charge is -2.04. The topological polar surface area (TPSA) is 12.9 Å². The van der Waals surface area contributed by atoms with Gasteiger partial charge in [-0.2, -0.15) is 0 Å². The van der Waals surface area contributed by atoms with Crippen LogP contribution in [0.3, 0.4) is 0 Å². The molecule has 1 heterocycles. The summed E-state index contributed by atoms with van der Waals surface area (Å²) in [5.41, 5.74) is 7.11. The first-order valence-electron chi connectivity index (χ1n) is 8.32. The van der Waals surface area contributed by atoms with Crippen LogP contribution < -0.4 is 0 Å². The van der Waals surface area contributed by atoms with Crippen molar-refractivity contribution in [2.45, 2.75) is 0 Å². The second-order valence-electron chi connectivity index (χ2n) is 5.90. The fraction of sp³-hybridized carbons (Fsp3) is 0. The Morgan fingerprint density at radius 3 is 2.00 bits per heavy atom. The average Bonchev–Trinajstić information content (AvgIpc) is 3.18. The second-order valence-corrected chi connectivity index (χ2v) is 6.76. The van der Waals surface area contributed by atoms with Gasteiger partial charge in [-0.1, -0.05) is 78.9 Å². The van der Waals surface area contributed by atoms with Crippen molar-refractivity contribution < 1.29 is 4.39 Å². The molecule has 1 nitrogen and oxygen atoms in total. The molecule has 0 fully saturated rings. The molecule has 0 radical (unpaired) electrons. The molecule has 0 aliphatic rings. The zero-order valence-electron chi connectivity index (χ0n) is 14.0. The maximum absolute atomic E-state index is 13.2. The third kappa shape index (κ3) is 3.63. The Morgan fingerprint density at radius 1 is 0.692 bits per heavy atom. The van der Waals surface area contributed by atoms with Crippen LogP contribution in [0, 0.1) is 5.82 Å². The van der Waals surface area contributed by atoms with Crippen LogP contribution in [-0.4, -0.2) is 4.98 Å². The maximum Gasteiger partial charge on any atom is 0.123 e. The van der Waals surface area contributed by atoms with Gasteiger partial charge < -0.3 is 0 Å². The molecule has 0 atom stereocenters. The number of hydrogen-bond acceptors (Lipinski definition) is 2. The zero-order valence-corrected chi connectivity index (χ0v) is 14.8. The van der Waals surface area contributed by atoms with E-state index in [-0.39, 0.29) is 5.82 Å². The van der Waals surface area contributed by atoms with Gasteiger partial charge in [0.2, 0.25) is 0 Å². The summed E-state index contributed by atoms with van der Waals surface area (Å²) in [7, 11) is 0. The van der Waals surface area contributed by atoms with E-state index in [4.69, 9.17) is 0 Å². The van der Waals surface area contributed by atoms with E-state index >= 15 is 0 Å². The highest BCUT2D eigenvalue weighted by atomic mass is 32.1. The fourth-order valence-corrected chi connectivity index (χ4v) is 3.58. The molecule has 0 saturated carbocycles. The smallest absolute Gasteiger partial charge is 0.123 e. The average molecular weight is 357 g/mol. The van der Waals surface area contributed by atoms with Crippen LogP contribution in [-0.2, 0) is 0 Å². The number of aromatic nitrogens is 1. The normalized spacial score (nSPS) is 11.1. The minimum atomic E-state index is -0.227. The van der Waals surface area contributed by atoms with Crippen LogP contribution in [0.2, 0.25) is 0 Å². The summed E-state index contributed by atoms with van der Waals surface area (Å²) in [4.78, 5) is 5.57. The molecule has 4 aromatic rings. The van der Waals surface area contributed by atoms with Gasteiger partial charge >= 0.3 is 0 Å². The van der Waals surface area contributed by atoms with Crippen molar-refractivity contribution in [1.29, 1.82) is 0 Å². The molecule has 0 bridgehead atoms. The largest absolute Gasteiger partial charge is 0.244 e.